The Morgan fingerprint density at radius 1 is 1.11 bits per heavy atom. The average Bonchev–Trinajstić information content (AvgIpc) is 2.87. The molecule has 35 heavy (non-hydrogen) atoms. The number of hydrogen-bond donors (Lipinski definition) is 1. The standard InChI is InChI=1S/C27H33N7O/c1-19-13-22(14-26(29-3)31-19)33-11-9-32(10-12-33)17-23-18-34(16-20(2)35-23)25-7-6-21(15-28)27-24(25)5-4-8-30-27/h4-8,13-14,20,23H,9-12,16-18H2,1-3H3,(H,29,31)/t20-,23+/m1/s1. The normalized spacial score (nSPS) is 21.2. The lowest BCUT2D eigenvalue weighted by atomic mass is 10.1. The summed E-state index contributed by atoms with van der Waals surface area (Å²) in [5, 5.41) is 13.7. The summed E-state index contributed by atoms with van der Waals surface area (Å²) in [6, 6.07) is 14.5. The number of hydrogen-bond acceptors (Lipinski definition) is 8. The second-order valence-corrected chi connectivity index (χ2v) is 9.51. The van der Waals surface area contributed by atoms with E-state index in [-0.39, 0.29) is 12.2 Å². The number of anilines is 3. The van der Waals surface area contributed by atoms with Gasteiger partial charge in [-0.1, -0.05) is 0 Å². The van der Waals surface area contributed by atoms with Crippen LogP contribution in [0.5, 0.6) is 0 Å². The van der Waals surface area contributed by atoms with Gasteiger partial charge in [0.25, 0.3) is 0 Å². The molecule has 0 radical (unpaired) electrons. The number of aryl methyl sites for hydroxylation is 1. The first-order valence-corrected chi connectivity index (χ1v) is 12.4. The second-order valence-electron chi connectivity index (χ2n) is 9.51. The Balaban J connectivity index is 1.25. The predicted octanol–water partition coefficient (Wildman–Crippen LogP) is 3.27. The van der Waals surface area contributed by atoms with Gasteiger partial charge in [0.1, 0.15) is 11.9 Å². The molecule has 0 saturated carbocycles. The summed E-state index contributed by atoms with van der Waals surface area (Å²) in [6.07, 6.45) is 2.02. The number of nitrogens with one attached hydrogen (secondary N) is 1. The van der Waals surface area contributed by atoms with Crippen LogP contribution in [0.4, 0.5) is 17.2 Å². The van der Waals surface area contributed by atoms with Crippen molar-refractivity contribution in [1.82, 2.24) is 14.9 Å². The van der Waals surface area contributed by atoms with Gasteiger partial charge in [-0.3, -0.25) is 9.88 Å². The van der Waals surface area contributed by atoms with Crippen LogP contribution in [0.15, 0.2) is 42.6 Å². The Hall–Kier alpha value is -3.41. The van der Waals surface area contributed by atoms with Crippen LogP contribution in [0.3, 0.4) is 0 Å². The van der Waals surface area contributed by atoms with E-state index in [2.05, 4.69) is 67.2 Å². The summed E-state index contributed by atoms with van der Waals surface area (Å²) >= 11 is 0. The van der Waals surface area contributed by atoms with Crippen LogP contribution in [0.25, 0.3) is 10.9 Å². The van der Waals surface area contributed by atoms with Gasteiger partial charge in [0.15, 0.2) is 0 Å². The Labute approximate surface area is 207 Å². The van der Waals surface area contributed by atoms with E-state index in [0.717, 1.165) is 73.9 Å². The van der Waals surface area contributed by atoms with E-state index in [4.69, 9.17) is 4.74 Å². The highest BCUT2D eigenvalue weighted by atomic mass is 16.5. The van der Waals surface area contributed by atoms with Crippen molar-refractivity contribution in [2.45, 2.75) is 26.1 Å². The first kappa shape index (κ1) is 23.3. The molecule has 2 aliphatic heterocycles. The van der Waals surface area contributed by atoms with E-state index in [9.17, 15) is 5.26 Å². The molecule has 8 heteroatoms. The molecule has 1 N–H and O–H groups in total. The van der Waals surface area contributed by atoms with Crippen LogP contribution in [0.1, 0.15) is 18.2 Å². The molecule has 1 aromatic carbocycles. The van der Waals surface area contributed by atoms with Gasteiger partial charge < -0.3 is 19.9 Å². The number of nitrogens with zero attached hydrogens (tertiary/aromatic N) is 6. The van der Waals surface area contributed by atoms with Crippen molar-refractivity contribution in [2.75, 3.05) is 68.0 Å². The maximum absolute atomic E-state index is 9.50. The minimum Gasteiger partial charge on any atom is -0.373 e. The third-order valence-corrected chi connectivity index (χ3v) is 6.93. The van der Waals surface area contributed by atoms with E-state index in [1.807, 2.05) is 26.1 Å². The molecule has 0 amide bonds. The molecule has 8 nitrogen and oxygen atoms in total. The van der Waals surface area contributed by atoms with Gasteiger partial charge in [-0.2, -0.15) is 5.26 Å². The van der Waals surface area contributed by atoms with Gasteiger partial charge in [0, 0.05) is 87.6 Å². The molecule has 2 saturated heterocycles. The minimum absolute atomic E-state index is 0.131. The van der Waals surface area contributed by atoms with E-state index in [1.54, 1.807) is 6.20 Å². The van der Waals surface area contributed by atoms with E-state index in [1.165, 1.54) is 5.69 Å². The van der Waals surface area contributed by atoms with Crippen molar-refractivity contribution in [3.63, 3.8) is 0 Å². The monoisotopic (exact) mass is 471 g/mol. The number of ether oxygens (including phenoxy) is 1. The van der Waals surface area contributed by atoms with Crippen LogP contribution < -0.4 is 15.1 Å². The Morgan fingerprint density at radius 2 is 1.94 bits per heavy atom. The lowest BCUT2D eigenvalue weighted by Crippen LogP contribution is -2.54. The first-order valence-electron chi connectivity index (χ1n) is 12.4. The quantitative estimate of drug-likeness (QED) is 0.607. The van der Waals surface area contributed by atoms with Crippen LogP contribution in [-0.4, -0.2) is 79.9 Å². The summed E-state index contributed by atoms with van der Waals surface area (Å²) in [5.41, 5.74) is 4.78. The maximum Gasteiger partial charge on any atom is 0.128 e. The van der Waals surface area contributed by atoms with Gasteiger partial charge in [0.2, 0.25) is 0 Å². The lowest BCUT2D eigenvalue weighted by molar-refractivity contribution is -0.0327. The molecular formula is C27H33N7O. The molecule has 0 aliphatic carbocycles. The number of piperazine rings is 1. The second kappa shape index (κ2) is 10.1. The summed E-state index contributed by atoms with van der Waals surface area (Å²) in [6.45, 7) is 10.8. The largest absolute Gasteiger partial charge is 0.373 e. The molecule has 182 valence electrons. The first-order chi connectivity index (χ1) is 17.0. The lowest BCUT2D eigenvalue weighted by Gasteiger charge is -2.42. The average molecular weight is 472 g/mol. The fourth-order valence-corrected chi connectivity index (χ4v) is 5.30. The smallest absolute Gasteiger partial charge is 0.128 e. The number of nitriles is 1. The highest BCUT2D eigenvalue weighted by Crippen LogP contribution is 2.30. The third-order valence-electron chi connectivity index (χ3n) is 6.93. The Morgan fingerprint density at radius 3 is 2.71 bits per heavy atom. The highest BCUT2D eigenvalue weighted by Gasteiger charge is 2.29. The van der Waals surface area contributed by atoms with Crippen LogP contribution in [0.2, 0.25) is 0 Å². The molecular weight excluding hydrogens is 438 g/mol. The number of pyridine rings is 2. The Kier molecular flexibility index (Phi) is 6.71. The summed E-state index contributed by atoms with van der Waals surface area (Å²) < 4.78 is 6.37. The fraction of sp³-hybridized carbons (Fsp3) is 0.444. The highest BCUT2D eigenvalue weighted by molar-refractivity contribution is 5.95. The third kappa shape index (κ3) is 5.02. The van der Waals surface area contributed by atoms with E-state index < -0.39 is 0 Å². The van der Waals surface area contributed by atoms with Crippen LogP contribution in [-0.2, 0) is 4.74 Å². The summed E-state index contributed by atoms with van der Waals surface area (Å²) in [5.74, 6) is 0.914. The number of aromatic nitrogens is 2. The van der Waals surface area contributed by atoms with Crippen molar-refractivity contribution < 1.29 is 4.74 Å². The van der Waals surface area contributed by atoms with Crippen molar-refractivity contribution in [3.8, 4) is 6.07 Å². The van der Waals surface area contributed by atoms with Crippen molar-refractivity contribution in [2.24, 2.45) is 0 Å². The number of fused-ring (bicyclic) bond motifs is 1. The number of rotatable bonds is 5. The molecule has 4 heterocycles. The van der Waals surface area contributed by atoms with Crippen molar-refractivity contribution in [1.29, 1.82) is 5.26 Å². The molecule has 3 aromatic rings. The van der Waals surface area contributed by atoms with E-state index >= 15 is 0 Å². The minimum atomic E-state index is 0.131. The Bertz CT molecular complexity index is 1230. The molecule has 2 fully saturated rings. The zero-order valence-corrected chi connectivity index (χ0v) is 20.7. The van der Waals surface area contributed by atoms with Gasteiger partial charge in [0.05, 0.1) is 23.3 Å². The zero-order valence-electron chi connectivity index (χ0n) is 20.7. The van der Waals surface area contributed by atoms with Gasteiger partial charge in [-0.15, -0.1) is 0 Å². The van der Waals surface area contributed by atoms with Crippen molar-refractivity contribution in [3.05, 3.63) is 53.9 Å². The fourth-order valence-electron chi connectivity index (χ4n) is 5.30. The van der Waals surface area contributed by atoms with Crippen molar-refractivity contribution >= 4 is 28.1 Å². The molecule has 0 unspecified atom stereocenters. The number of morpholine rings is 1. The zero-order chi connectivity index (χ0) is 24.4. The molecule has 2 atom stereocenters. The topological polar surface area (TPSA) is 80.5 Å². The van der Waals surface area contributed by atoms with Gasteiger partial charge >= 0.3 is 0 Å². The molecule has 0 spiro atoms. The summed E-state index contributed by atoms with van der Waals surface area (Å²) in [4.78, 5) is 16.4. The molecule has 2 aromatic heterocycles. The summed E-state index contributed by atoms with van der Waals surface area (Å²) in [7, 11) is 1.91. The van der Waals surface area contributed by atoms with Crippen LogP contribution in [0, 0.1) is 18.3 Å². The van der Waals surface area contributed by atoms with Gasteiger partial charge in [-0.05, 0) is 44.2 Å². The molecule has 2 aliphatic rings. The predicted molar refractivity (Wildman–Crippen MR) is 140 cm³/mol. The SMILES string of the molecule is CNc1cc(N2CCN(C[C@H]3CN(c4ccc(C#N)c5ncccc45)C[C@@H](C)O3)CC2)cc(C)n1. The van der Waals surface area contributed by atoms with E-state index in [0.29, 0.717) is 5.56 Å². The number of benzene rings is 1. The molecule has 5 rings (SSSR count). The van der Waals surface area contributed by atoms with Crippen LogP contribution >= 0.6 is 0 Å². The molecule has 0 bridgehead atoms. The maximum atomic E-state index is 9.50. The van der Waals surface area contributed by atoms with Gasteiger partial charge in [-0.25, -0.2) is 4.98 Å².